The van der Waals surface area contributed by atoms with Gasteiger partial charge in [-0.25, -0.2) is 4.52 Å². The number of anilines is 1. The third-order valence-corrected chi connectivity index (χ3v) is 6.81. The Kier molecular flexibility index (Phi) is 5.38. The Hall–Kier alpha value is -3.65. The average Bonchev–Trinajstić information content (AvgIpc) is 3.40. The van der Waals surface area contributed by atoms with E-state index < -0.39 is 0 Å². The van der Waals surface area contributed by atoms with Gasteiger partial charge in [0.25, 0.3) is 0 Å². The fourth-order valence-electron chi connectivity index (χ4n) is 3.85. The number of para-hydroxylation sites is 1. The maximum atomic E-state index is 12.6. The van der Waals surface area contributed by atoms with Gasteiger partial charge in [-0.1, -0.05) is 42.1 Å². The molecule has 33 heavy (non-hydrogen) atoms. The van der Waals surface area contributed by atoms with Gasteiger partial charge in [0.15, 0.2) is 10.8 Å². The second-order valence-electron chi connectivity index (χ2n) is 8.24. The summed E-state index contributed by atoms with van der Waals surface area (Å²) < 4.78 is 3.72. The van der Waals surface area contributed by atoms with E-state index in [1.807, 2.05) is 59.4 Å². The zero-order valence-electron chi connectivity index (χ0n) is 19.0. The van der Waals surface area contributed by atoms with Gasteiger partial charge in [-0.2, -0.15) is 5.10 Å². The van der Waals surface area contributed by atoms with Crippen LogP contribution in [0.2, 0.25) is 0 Å². The molecule has 0 saturated carbocycles. The molecule has 0 atom stereocenters. The van der Waals surface area contributed by atoms with Crippen LogP contribution in [0.25, 0.3) is 22.4 Å². The Morgan fingerprint density at radius 2 is 1.73 bits per heavy atom. The monoisotopic (exact) mass is 456 g/mol. The summed E-state index contributed by atoms with van der Waals surface area (Å²) in [6.07, 6.45) is 3.77. The van der Waals surface area contributed by atoms with E-state index in [1.54, 1.807) is 0 Å². The van der Waals surface area contributed by atoms with Crippen molar-refractivity contribution in [3.8, 4) is 11.3 Å². The molecule has 166 valence electrons. The maximum Gasteiger partial charge on any atom is 0.234 e. The van der Waals surface area contributed by atoms with Gasteiger partial charge in [0, 0.05) is 23.6 Å². The summed E-state index contributed by atoms with van der Waals surface area (Å²) in [4.78, 5) is 12.6. The highest BCUT2D eigenvalue weighted by Gasteiger charge is 2.15. The molecule has 2 aromatic carbocycles. The van der Waals surface area contributed by atoms with Crippen molar-refractivity contribution in [2.45, 2.75) is 32.9 Å². The first-order chi connectivity index (χ1) is 15.9. The molecule has 3 aromatic heterocycles. The average molecular weight is 457 g/mol. The standard InChI is InChI=1S/C25H24N6OS/c1-15-8-9-19(12-18(15)4)20-13-21-24-27-28-25(30(24)10-11-31(21)29-20)33-14-22(32)26-23-16(2)6-5-7-17(23)3/h5-13H,14H2,1-4H3,(H,26,32). The van der Waals surface area contributed by atoms with Crippen molar-refractivity contribution in [1.29, 1.82) is 0 Å². The van der Waals surface area contributed by atoms with Crippen LogP contribution < -0.4 is 5.32 Å². The van der Waals surface area contributed by atoms with Gasteiger partial charge in [-0.15, -0.1) is 10.2 Å². The molecule has 5 rings (SSSR count). The predicted octanol–water partition coefficient (Wildman–Crippen LogP) is 5.01. The summed E-state index contributed by atoms with van der Waals surface area (Å²) >= 11 is 1.36. The number of amides is 1. The van der Waals surface area contributed by atoms with Gasteiger partial charge in [0.1, 0.15) is 5.52 Å². The van der Waals surface area contributed by atoms with Crippen LogP contribution in [-0.2, 0) is 4.79 Å². The third kappa shape index (κ3) is 3.98. The van der Waals surface area contributed by atoms with Crippen molar-refractivity contribution in [2.75, 3.05) is 11.1 Å². The van der Waals surface area contributed by atoms with Gasteiger partial charge in [0.2, 0.25) is 5.91 Å². The lowest BCUT2D eigenvalue weighted by molar-refractivity contribution is -0.113. The van der Waals surface area contributed by atoms with Crippen LogP contribution in [-0.4, -0.2) is 35.9 Å². The molecule has 0 aliphatic rings. The van der Waals surface area contributed by atoms with Crippen LogP contribution >= 0.6 is 11.8 Å². The molecule has 8 heteroatoms. The summed E-state index contributed by atoms with van der Waals surface area (Å²) in [5.41, 5.74) is 8.97. The van der Waals surface area contributed by atoms with E-state index in [-0.39, 0.29) is 11.7 Å². The Bertz CT molecular complexity index is 1500. The minimum Gasteiger partial charge on any atom is -0.325 e. The van der Waals surface area contributed by atoms with Gasteiger partial charge in [-0.3, -0.25) is 9.20 Å². The van der Waals surface area contributed by atoms with Crippen LogP contribution in [0.5, 0.6) is 0 Å². The second kappa shape index (κ2) is 8.37. The SMILES string of the molecule is Cc1ccc(-c2cc3c4nnc(SCC(=O)Nc5c(C)cccc5C)n4ccn3n2)cc1C. The topological polar surface area (TPSA) is 76.6 Å². The number of thioether (sulfide) groups is 1. The predicted molar refractivity (Wildman–Crippen MR) is 132 cm³/mol. The van der Waals surface area contributed by atoms with Crippen LogP contribution in [0, 0.1) is 27.7 Å². The Morgan fingerprint density at radius 1 is 0.939 bits per heavy atom. The fourth-order valence-corrected chi connectivity index (χ4v) is 4.57. The normalized spacial score (nSPS) is 11.4. The van der Waals surface area contributed by atoms with E-state index in [0.717, 1.165) is 33.6 Å². The highest BCUT2D eigenvalue weighted by Crippen LogP contribution is 2.26. The number of benzene rings is 2. The molecular weight excluding hydrogens is 432 g/mol. The van der Waals surface area contributed by atoms with Gasteiger partial charge in [-0.05, 0) is 62.1 Å². The zero-order valence-corrected chi connectivity index (χ0v) is 19.8. The van der Waals surface area contributed by atoms with E-state index in [0.29, 0.717) is 10.8 Å². The van der Waals surface area contributed by atoms with E-state index in [4.69, 9.17) is 5.10 Å². The van der Waals surface area contributed by atoms with E-state index in [9.17, 15) is 4.79 Å². The lowest BCUT2D eigenvalue weighted by atomic mass is 10.0. The molecule has 7 nitrogen and oxygen atoms in total. The summed E-state index contributed by atoms with van der Waals surface area (Å²) in [7, 11) is 0. The van der Waals surface area contributed by atoms with Crippen molar-refractivity contribution in [3.63, 3.8) is 0 Å². The number of hydrogen-bond acceptors (Lipinski definition) is 5. The lowest BCUT2D eigenvalue weighted by Crippen LogP contribution is -2.16. The smallest absolute Gasteiger partial charge is 0.234 e. The molecule has 0 fully saturated rings. The summed E-state index contributed by atoms with van der Waals surface area (Å²) in [6, 6.07) is 14.3. The molecule has 0 unspecified atom stereocenters. The largest absolute Gasteiger partial charge is 0.325 e. The molecule has 0 bridgehead atoms. The first-order valence-corrected chi connectivity index (χ1v) is 11.7. The number of aromatic nitrogens is 5. The fraction of sp³-hybridized carbons (Fsp3) is 0.200. The molecule has 1 amide bonds. The highest BCUT2D eigenvalue weighted by molar-refractivity contribution is 7.99. The van der Waals surface area contributed by atoms with Gasteiger partial charge < -0.3 is 5.32 Å². The summed E-state index contributed by atoms with van der Waals surface area (Å²) in [6.45, 7) is 8.19. The number of hydrogen-bond donors (Lipinski definition) is 1. The Morgan fingerprint density at radius 3 is 2.48 bits per heavy atom. The highest BCUT2D eigenvalue weighted by atomic mass is 32.2. The first-order valence-electron chi connectivity index (χ1n) is 10.7. The molecule has 0 aliphatic heterocycles. The van der Waals surface area contributed by atoms with Crippen LogP contribution in [0.1, 0.15) is 22.3 Å². The summed E-state index contributed by atoms with van der Waals surface area (Å²) in [5, 5.41) is 17.1. The van der Waals surface area contributed by atoms with Crippen LogP contribution in [0.4, 0.5) is 5.69 Å². The van der Waals surface area contributed by atoms with E-state index in [2.05, 4.69) is 47.6 Å². The number of nitrogens with one attached hydrogen (secondary N) is 1. The number of nitrogens with zero attached hydrogens (tertiary/aromatic N) is 5. The van der Waals surface area contributed by atoms with Crippen molar-refractivity contribution in [2.24, 2.45) is 0 Å². The lowest BCUT2D eigenvalue weighted by Gasteiger charge is -2.10. The van der Waals surface area contributed by atoms with Crippen molar-refractivity contribution in [1.82, 2.24) is 24.2 Å². The molecule has 0 spiro atoms. The Labute approximate surface area is 195 Å². The van der Waals surface area contributed by atoms with E-state index in [1.165, 1.54) is 22.9 Å². The Balaban J connectivity index is 1.39. The second-order valence-corrected chi connectivity index (χ2v) is 9.18. The minimum absolute atomic E-state index is 0.0726. The third-order valence-electron chi connectivity index (χ3n) is 5.87. The molecule has 0 radical (unpaired) electrons. The maximum absolute atomic E-state index is 12.6. The molecule has 0 aliphatic carbocycles. The zero-order chi connectivity index (χ0) is 23.1. The quantitative estimate of drug-likeness (QED) is 0.376. The summed E-state index contributed by atoms with van der Waals surface area (Å²) in [5.74, 6) is 0.170. The number of carbonyl (C=O) groups excluding carboxylic acids is 1. The first kappa shape index (κ1) is 21.2. The van der Waals surface area contributed by atoms with Crippen molar-refractivity contribution < 1.29 is 4.79 Å². The van der Waals surface area contributed by atoms with Crippen LogP contribution in [0.15, 0.2) is 60.0 Å². The van der Waals surface area contributed by atoms with Crippen molar-refractivity contribution >= 4 is 34.5 Å². The number of fused-ring (bicyclic) bond motifs is 3. The van der Waals surface area contributed by atoms with Gasteiger partial charge in [0.05, 0.1) is 11.4 Å². The van der Waals surface area contributed by atoms with Crippen molar-refractivity contribution in [3.05, 3.63) is 77.1 Å². The molecule has 3 heterocycles. The molecular formula is C25H24N6OS. The minimum atomic E-state index is -0.0726. The molecule has 5 aromatic rings. The number of aryl methyl sites for hydroxylation is 4. The van der Waals surface area contributed by atoms with Gasteiger partial charge >= 0.3 is 0 Å². The number of rotatable bonds is 5. The van der Waals surface area contributed by atoms with E-state index >= 15 is 0 Å². The molecule has 0 saturated heterocycles. The number of carbonyl (C=O) groups is 1. The van der Waals surface area contributed by atoms with Crippen LogP contribution in [0.3, 0.4) is 0 Å². The molecule has 1 N–H and O–H groups in total.